The predicted molar refractivity (Wildman–Crippen MR) is 61.2 cm³/mol. The highest BCUT2D eigenvalue weighted by atomic mass is 15.0. The molecule has 1 aromatic heterocycles. The molecule has 0 amide bonds. The Labute approximate surface area is 93.6 Å². The Morgan fingerprint density at radius 3 is 2.69 bits per heavy atom. The molecular formula is C12H10N4. The van der Waals surface area contributed by atoms with Gasteiger partial charge in [-0.15, -0.1) is 0 Å². The van der Waals surface area contributed by atoms with Gasteiger partial charge >= 0.3 is 0 Å². The van der Waals surface area contributed by atoms with Crippen molar-refractivity contribution in [1.82, 2.24) is 9.97 Å². The van der Waals surface area contributed by atoms with Crippen LogP contribution >= 0.6 is 0 Å². The molecule has 0 saturated heterocycles. The van der Waals surface area contributed by atoms with E-state index in [0.717, 1.165) is 5.69 Å². The summed E-state index contributed by atoms with van der Waals surface area (Å²) in [7, 11) is 0. The Morgan fingerprint density at radius 2 is 2.00 bits per heavy atom. The summed E-state index contributed by atoms with van der Waals surface area (Å²) in [4.78, 5) is 8.17. The summed E-state index contributed by atoms with van der Waals surface area (Å²) in [6, 6.07) is 11.7. The van der Waals surface area contributed by atoms with Gasteiger partial charge in [-0.3, -0.25) is 0 Å². The molecule has 1 aromatic carbocycles. The van der Waals surface area contributed by atoms with E-state index in [1.54, 1.807) is 6.92 Å². The van der Waals surface area contributed by atoms with Crippen molar-refractivity contribution in [2.45, 2.75) is 6.92 Å². The van der Waals surface area contributed by atoms with Crippen LogP contribution in [0.1, 0.15) is 11.4 Å². The van der Waals surface area contributed by atoms with Crippen molar-refractivity contribution < 1.29 is 0 Å². The number of para-hydroxylation sites is 1. The minimum Gasteiger partial charge on any atom is -0.339 e. The fourth-order valence-corrected chi connectivity index (χ4v) is 1.31. The summed E-state index contributed by atoms with van der Waals surface area (Å²) < 4.78 is 0. The third-order valence-electron chi connectivity index (χ3n) is 2.07. The molecule has 2 aromatic rings. The van der Waals surface area contributed by atoms with Gasteiger partial charge in [0.25, 0.3) is 0 Å². The second-order valence-electron chi connectivity index (χ2n) is 3.28. The number of nitriles is 1. The Balaban J connectivity index is 2.35. The van der Waals surface area contributed by atoms with Crippen LogP contribution in [0.3, 0.4) is 0 Å². The van der Waals surface area contributed by atoms with Gasteiger partial charge in [0, 0.05) is 5.69 Å². The molecule has 1 N–H and O–H groups in total. The summed E-state index contributed by atoms with van der Waals surface area (Å²) in [5, 5.41) is 12.0. The van der Waals surface area contributed by atoms with Crippen molar-refractivity contribution in [3.63, 3.8) is 0 Å². The van der Waals surface area contributed by atoms with Crippen LogP contribution in [0.5, 0.6) is 0 Å². The number of aryl methyl sites for hydroxylation is 1. The van der Waals surface area contributed by atoms with Crippen molar-refractivity contribution in [3.05, 3.63) is 47.9 Å². The van der Waals surface area contributed by atoms with E-state index in [9.17, 15) is 0 Å². The molecule has 4 nitrogen and oxygen atoms in total. The molecule has 0 atom stereocenters. The molecule has 0 aliphatic carbocycles. The van der Waals surface area contributed by atoms with Crippen molar-refractivity contribution in [2.75, 3.05) is 5.32 Å². The van der Waals surface area contributed by atoms with Crippen molar-refractivity contribution in [1.29, 1.82) is 5.26 Å². The van der Waals surface area contributed by atoms with E-state index in [0.29, 0.717) is 17.2 Å². The number of nitrogens with zero attached hydrogens (tertiary/aromatic N) is 3. The lowest BCUT2D eigenvalue weighted by molar-refractivity contribution is 1.05. The number of hydrogen-bond donors (Lipinski definition) is 1. The first kappa shape index (κ1) is 10.1. The molecule has 4 heteroatoms. The van der Waals surface area contributed by atoms with Gasteiger partial charge in [0.2, 0.25) is 0 Å². The largest absolute Gasteiger partial charge is 0.339 e. The van der Waals surface area contributed by atoms with Crippen LogP contribution in [0.2, 0.25) is 0 Å². The van der Waals surface area contributed by atoms with Crippen LogP contribution in [0, 0.1) is 18.3 Å². The van der Waals surface area contributed by atoms with Crippen molar-refractivity contribution >= 4 is 11.5 Å². The quantitative estimate of drug-likeness (QED) is 0.826. The Kier molecular flexibility index (Phi) is 2.79. The molecule has 0 bridgehead atoms. The van der Waals surface area contributed by atoms with Crippen LogP contribution in [0.25, 0.3) is 0 Å². The average molecular weight is 210 g/mol. The van der Waals surface area contributed by atoms with Crippen LogP contribution in [0.15, 0.2) is 36.5 Å². The third kappa shape index (κ3) is 2.15. The average Bonchev–Trinajstić information content (AvgIpc) is 2.31. The van der Waals surface area contributed by atoms with Gasteiger partial charge < -0.3 is 5.32 Å². The highest BCUT2D eigenvalue weighted by molar-refractivity contribution is 5.61. The summed E-state index contributed by atoms with van der Waals surface area (Å²) in [6.45, 7) is 1.79. The minimum atomic E-state index is 0.439. The number of nitrogens with one attached hydrogen (secondary N) is 1. The zero-order valence-electron chi connectivity index (χ0n) is 8.81. The second-order valence-corrected chi connectivity index (χ2v) is 3.28. The highest BCUT2D eigenvalue weighted by Crippen LogP contribution is 2.17. The van der Waals surface area contributed by atoms with Gasteiger partial charge in [-0.05, 0) is 19.1 Å². The first-order valence-corrected chi connectivity index (χ1v) is 4.85. The Hall–Kier alpha value is -2.41. The van der Waals surface area contributed by atoms with Gasteiger partial charge in [0.15, 0.2) is 5.82 Å². The van der Waals surface area contributed by atoms with Crippen molar-refractivity contribution in [3.8, 4) is 6.07 Å². The zero-order valence-corrected chi connectivity index (χ0v) is 8.81. The van der Waals surface area contributed by atoms with Gasteiger partial charge in [-0.1, -0.05) is 18.2 Å². The highest BCUT2D eigenvalue weighted by Gasteiger charge is 2.04. The van der Waals surface area contributed by atoms with Crippen molar-refractivity contribution in [2.24, 2.45) is 0 Å². The number of aromatic nitrogens is 2. The first-order valence-electron chi connectivity index (χ1n) is 4.85. The van der Waals surface area contributed by atoms with E-state index in [4.69, 9.17) is 5.26 Å². The Morgan fingerprint density at radius 1 is 1.25 bits per heavy atom. The number of hydrogen-bond acceptors (Lipinski definition) is 4. The van der Waals surface area contributed by atoms with E-state index in [1.807, 2.05) is 30.3 Å². The molecule has 16 heavy (non-hydrogen) atoms. The predicted octanol–water partition coefficient (Wildman–Crippen LogP) is 2.40. The number of benzene rings is 1. The summed E-state index contributed by atoms with van der Waals surface area (Å²) >= 11 is 0. The topological polar surface area (TPSA) is 61.6 Å². The Bertz CT molecular complexity index is 528. The molecule has 0 saturated carbocycles. The normalized spacial score (nSPS) is 9.50. The molecule has 2 rings (SSSR count). The number of anilines is 2. The minimum absolute atomic E-state index is 0.439. The van der Waals surface area contributed by atoms with Crippen LogP contribution in [0.4, 0.5) is 11.5 Å². The van der Waals surface area contributed by atoms with Gasteiger partial charge in [0.05, 0.1) is 6.20 Å². The smallest absolute Gasteiger partial charge is 0.152 e. The fourth-order valence-electron chi connectivity index (χ4n) is 1.31. The van der Waals surface area contributed by atoms with E-state index in [-0.39, 0.29) is 0 Å². The SMILES string of the molecule is Cc1ncc(C#N)c(Nc2ccccc2)n1. The fraction of sp³-hybridized carbons (Fsp3) is 0.0833. The maximum Gasteiger partial charge on any atom is 0.152 e. The summed E-state index contributed by atoms with van der Waals surface area (Å²) in [6.07, 6.45) is 1.52. The summed E-state index contributed by atoms with van der Waals surface area (Å²) in [5.41, 5.74) is 1.34. The molecular weight excluding hydrogens is 200 g/mol. The molecule has 1 heterocycles. The molecule has 0 spiro atoms. The maximum absolute atomic E-state index is 8.92. The molecule has 0 unspecified atom stereocenters. The first-order chi connectivity index (χ1) is 7.79. The molecule has 78 valence electrons. The van der Waals surface area contributed by atoms with Gasteiger partial charge in [0.1, 0.15) is 17.5 Å². The molecule has 0 aliphatic rings. The van der Waals surface area contributed by atoms with E-state index in [2.05, 4.69) is 21.4 Å². The monoisotopic (exact) mass is 210 g/mol. The maximum atomic E-state index is 8.92. The number of rotatable bonds is 2. The lowest BCUT2D eigenvalue weighted by atomic mass is 10.3. The van der Waals surface area contributed by atoms with E-state index in [1.165, 1.54) is 6.20 Å². The van der Waals surface area contributed by atoms with E-state index >= 15 is 0 Å². The van der Waals surface area contributed by atoms with Crippen LogP contribution in [-0.2, 0) is 0 Å². The zero-order chi connectivity index (χ0) is 11.4. The summed E-state index contributed by atoms with van der Waals surface area (Å²) in [5.74, 6) is 1.18. The van der Waals surface area contributed by atoms with Gasteiger partial charge in [-0.25, -0.2) is 9.97 Å². The lowest BCUT2D eigenvalue weighted by Crippen LogP contribution is -1.99. The van der Waals surface area contributed by atoms with Crippen LogP contribution in [-0.4, -0.2) is 9.97 Å². The second kappa shape index (κ2) is 4.41. The van der Waals surface area contributed by atoms with Crippen LogP contribution < -0.4 is 5.32 Å². The standard InChI is InChI=1S/C12H10N4/c1-9-14-8-10(7-13)12(15-9)16-11-5-3-2-4-6-11/h2-6,8H,1H3,(H,14,15,16). The molecule has 0 radical (unpaired) electrons. The molecule has 0 fully saturated rings. The van der Waals surface area contributed by atoms with Gasteiger partial charge in [-0.2, -0.15) is 5.26 Å². The third-order valence-corrected chi connectivity index (χ3v) is 2.07. The van der Waals surface area contributed by atoms with E-state index < -0.39 is 0 Å². The molecule has 0 aliphatic heterocycles. The lowest BCUT2D eigenvalue weighted by Gasteiger charge is -2.06.